The fraction of sp³-hybridized carbons (Fsp3) is 0.0625. The van der Waals surface area contributed by atoms with Crippen molar-refractivity contribution < 1.29 is 4.79 Å². The molecule has 0 bridgehead atoms. The van der Waals surface area contributed by atoms with Gasteiger partial charge in [0.15, 0.2) is 5.78 Å². The van der Waals surface area contributed by atoms with Gasteiger partial charge in [-0.3, -0.25) is 4.79 Å². The van der Waals surface area contributed by atoms with E-state index in [-0.39, 0.29) is 10.6 Å². The van der Waals surface area contributed by atoms with Crippen LogP contribution in [0, 0.1) is 0 Å². The summed E-state index contributed by atoms with van der Waals surface area (Å²) in [5, 5.41) is 0. The molecule has 0 spiro atoms. The van der Waals surface area contributed by atoms with Gasteiger partial charge >= 0.3 is 0 Å². The minimum Gasteiger partial charge on any atom is -0.289 e. The Morgan fingerprint density at radius 1 is 0.944 bits per heavy atom. The standard InChI is InChI=1S/C16H11BrO/c17-15-12-8-4-5-9-13(12)16(18)14(15)10-11-6-2-1-3-7-11/h1-10,15H/b14-10-/t15-/m1/s1. The van der Waals surface area contributed by atoms with E-state index in [9.17, 15) is 4.79 Å². The molecule has 88 valence electrons. The third-order valence-electron chi connectivity index (χ3n) is 3.14. The lowest BCUT2D eigenvalue weighted by Crippen LogP contribution is -1.95. The van der Waals surface area contributed by atoms with E-state index >= 15 is 0 Å². The summed E-state index contributed by atoms with van der Waals surface area (Å²) in [7, 11) is 0. The molecule has 1 aliphatic rings. The second-order valence-corrected chi connectivity index (χ2v) is 5.20. The van der Waals surface area contributed by atoms with Gasteiger partial charge in [-0.15, -0.1) is 0 Å². The zero-order valence-corrected chi connectivity index (χ0v) is 11.2. The summed E-state index contributed by atoms with van der Waals surface area (Å²) in [4.78, 5) is 12.3. The fourth-order valence-electron chi connectivity index (χ4n) is 2.23. The Morgan fingerprint density at radius 3 is 2.33 bits per heavy atom. The highest BCUT2D eigenvalue weighted by Crippen LogP contribution is 2.42. The quantitative estimate of drug-likeness (QED) is 0.563. The molecule has 0 radical (unpaired) electrons. The molecule has 2 aromatic rings. The number of ketones is 1. The monoisotopic (exact) mass is 298 g/mol. The van der Waals surface area contributed by atoms with Crippen molar-refractivity contribution in [2.75, 3.05) is 0 Å². The summed E-state index contributed by atoms with van der Waals surface area (Å²) < 4.78 is 0. The first-order chi connectivity index (χ1) is 8.77. The summed E-state index contributed by atoms with van der Waals surface area (Å²) in [5.41, 5.74) is 3.73. The van der Waals surface area contributed by atoms with Crippen molar-refractivity contribution in [2.45, 2.75) is 4.83 Å². The number of rotatable bonds is 1. The highest BCUT2D eigenvalue weighted by molar-refractivity contribution is 9.09. The number of benzene rings is 2. The molecule has 0 aromatic heterocycles. The average Bonchev–Trinajstić information content (AvgIpc) is 2.66. The van der Waals surface area contributed by atoms with Crippen molar-refractivity contribution in [3.05, 3.63) is 76.9 Å². The molecule has 0 unspecified atom stereocenters. The van der Waals surface area contributed by atoms with Crippen LogP contribution in [-0.2, 0) is 0 Å². The van der Waals surface area contributed by atoms with Crippen LogP contribution >= 0.6 is 15.9 Å². The normalized spacial score (nSPS) is 20.2. The summed E-state index contributed by atoms with van der Waals surface area (Å²) in [5.74, 6) is 0.122. The predicted molar refractivity (Wildman–Crippen MR) is 76.9 cm³/mol. The van der Waals surface area contributed by atoms with Gasteiger partial charge in [0.05, 0.1) is 4.83 Å². The lowest BCUT2D eigenvalue weighted by molar-refractivity contribution is 0.104. The molecular weight excluding hydrogens is 288 g/mol. The Labute approximate surface area is 114 Å². The van der Waals surface area contributed by atoms with Gasteiger partial charge in [-0.05, 0) is 17.2 Å². The lowest BCUT2D eigenvalue weighted by atomic mass is 10.1. The largest absolute Gasteiger partial charge is 0.289 e. The molecular formula is C16H11BrO. The Kier molecular flexibility index (Phi) is 2.88. The van der Waals surface area contributed by atoms with Gasteiger partial charge in [0.2, 0.25) is 0 Å². The zero-order chi connectivity index (χ0) is 12.5. The number of hydrogen-bond acceptors (Lipinski definition) is 1. The second kappa shape index (κ2) is 4.54. The summed E-state index contributed by atoms with van der Waals surface area (Å²) in [6, 6.07) is 17.7. The van der Waals surface area contributed by atoms with Crippen LogP contribution in [0.2, 0.25) is 0 Å². The Morgan fingerprint density at radius 2 is 1.61 bits per heavy atom. The third kappa shape index (κ3) is 1.83. The molecule has 0 amide bonds. The van der Waals surface area contributed by atoms with Crippen molar-refractivity contribution in [1.82, 2.24) is 0 Å². The van der Waals surface area contributed by atoms with Gasteiger partial charge in [-0.25, -0.2) is 0 Å². The minimum absolute atomic E-state index is 0.00130. The zero-order valence-electron chi connectivity index (χ0n) is 9.64. The molecule has 0 N–H and O–H groups in total. The predicted octanol–water partition coefficient (Wildman–Crippen LogP) is 4.40. The van der Waals surface area contributed by atoms with E-state index in [0.29, 0.717) is 0 Å². The smallest absolute Gasteiger partial charge is 0.190 e. The van der Waals surface area contributed by atoms with E-state index in [2.05, 4.69) is 15.9 Å². The molecule has 18 heavy (non-hydrogen) atoms. The number of allylic oxidation sites excluding steroid dienone is 1. The van der Waals surface area contributed by atoms with E-state index in [1.807, 2.05) is 60.7 Å². The SMILES string of the molecule is O=C1/C(=C\c2ccccc2)[C@H](Br)c2ccccc21. The van der Waals surface area contributed by atoms with Crippen LogP contribution in [0.4, 0.5) is 0 Å². The molecule has 1 nitrogen and oxygen atoms in total. The molecule has 2 heteroatoms. The van der Waals surface area contributed by atoms with Crippen LogP contribution in [0.1, 0.15) is 26.3 Å². The molecule has 2 aromatic carbocycles. The van der Waals surface area contributed by atoms with Crippen molar-refractivity contribution in [3.8, 4) is 0 Å². The number of carbonyl (C=O) groups excluding carboxylic acids is 1. The lowest BCUT2D eigenvalue weighted by Gasteiger charge is -2.03. The van der Waals surface area contributed by atoms with Crippen molar-refractivity contribution in [1.29, 1.82) is 0 Å². The van der Waals surface area contributed by atoms with Gasteiger partial charge in [0.25, 0.3) is 0 Å². The number of halogens is 1. The summed E-state index contributed by atoms with van der Waals surface area (Å²) in [6.07, 6.45) is 1.96. The molecule has 0 aliphatic heterocycles. The summed E-state index contributed by atoms with van der Waals surface area (Å²) >= 11 is 3.61. The van der Waals surface area contributed by atoms with Gasteiger partial charge in [0.1, 0.15) is 0 Å². The van der Waals surface area contributed by atoms with Crippen molar-refractivity contribution >= 4 is 27.8 Å². The molecule has 3 rings (SSSR count). The molecule has 0 saturated heterocycles. The molecule has 1 aliphatic carbocycles. The number of Topliss-reactive ketones (excluding diaryl/α,β-unsaturated/α-hetero) is 1. The highest BCUT2D eigenvalue weighted by Gasteiger charge is 2.32. The highest BCUT2D eigenvalue weighted by atomic mass is 79.9. The average molecular weight is 299 g/mol. The number of hydrogen-bond donors (Lipinski definition) is 0. The van der Waals surface area contributed by atoms with Gasteiger partial charge < -0.3 is 0 Å². The van der Waals surface area contributed by atoms with Crippen molar-refractivity contribution in [2.24, 2.45) is 0 Å². The third-order valence-corrected chi connectivity index (χ3v) is 4.12. The Balaban J connectivity index is 2.07. The first-order valence-electron chi connectivity index (χ1n) is 5.82. The maximum absolute atomic E-state index is 12.3. The first-order valence-corrected chi connectivity index (χ1v) is 6.73. The molecule has 1 atom stereocenters. The van der Waals surface area contributed by atoms with E-state index in [0.717, 1.165) is 22.3 Å². The maximum Gasteiger partial charge on any atom is 0.190 e. The minimum atomic E-state index is 0.00130. The fourth-order valence-corrected chi connectivity index (χ4v) is 2.97. The molecule has 0 heterocycles. The van der Waals surface area contributed by atoms with E-state index < -0.39 is 0 Å². The van der Waals surface area contributed by atoms with Crippen LogP contribution in [-0.4, -0.2) is 5.78 Å². The van der Waals surface area contributed by atoms with Crippen LogP contribution < -0.4 is 0 Å². The molecule has 0 saturated carbocycles. The van der Waals surface area contributed by atoms with Crippen LogP contribution in [0.5, 0.6) is 0 Å². The molecule has 0 fully saturated rings. The Bertz CT molecular complexity index is 629. The number of carbonyl (C=O) groups is 1. The van der Waals surface area contributed by atoms with E-state index in [1.165, 1.54) is 0 Å². The number of fused-ring (bicyclic) bond motifs is 1. The van der Waals surface area contributed by atoms with E-state index in [1.54, 1.807) is 0 Å². The second-order valence-electron chi connectivity index (χ2n) is 4.29. The van der Waals surface area contributed by atoms with Gasteiger partial charge in [-0.2, -0.15) is 0 Å². The van der Waals surface area contributed by atoms with E-state index in [4.69, 9.17) is 0 Å². The topological polar surface area (TPSA) is 17.1 Å². The Hall–Kier alpha value is -1.67. The van der Waals surface area contributed by atoms with Crippen LogP contribution in [0.3, 0.4) is 0 Å². The summed E-state index contributed by atoms with van der Waals surface area (Å²) in [6.45, 7) is 0. The van der Waals surface area contributed by atoms with Crippen LogP contribution in [0.15, 0.2) is 60.2 Å². The van der Waals surface area contributed by atoms with Crippen LogP contribution in [0.25, 0.3) is 6.08 Å². The maximum atomic E-state index is 12.3. The van der Waals surface area contributed by atoms with Gasteiger partial charge in [-0.1, -0.05) is 70.5 Å². The number of alkyl halides is 1. The first kappa shape index (κ1) is 11.4. The van der Waals surface area contributed by atoms with Crippen molar-refractivity contribution in [3.63, 3.8) is 0 Å². The van der Waals surface area contributed by atoms with Gasteiger partial charge in [0, 0.05) is 11.1 Å².